The molecule has 3 nitrogen and oxygen atoms in total. The van der Waals surface area contributed by atoms with Crippen LogP contribution in [0.2, 0.25) is 0 Å². The molecule has 0 bridgehead atoms. The van der Waals surface area contributed by atoms with Crippen LogP contribution in [0, 0.1) is 0 Å². The number of carboxylic acid groups (broad SMARTS) is 1. The van der Waals surface area contributed by atoms with E-state index in [2.05, 4.69) is 6.92 Å². The fraction of sp³-hybridized carbons (Fsp3) is 0.312. The Morgan fingerprint density at radius 3 is 2.74 bits per heavy atom. The van der Waals surface area contributed by atoms with Gasteiger partial charge in [0.2, 0.25) is 0 Å². The number of fused-ring (bicyclic) bond motifs is 1. The molecule has 2 aromatic rings. The first kappa shape index (κ1) is 13.4. The van der Waals surface area contributed by atoms with Crippen molar-refractivity contribution in [1.82, 2.24) is 0 Å². The number of carbonyl (C=O) groups is 1. The maximum absolute atomic E-state index is 10.9. The Morgan fingerprint density at radius 1 is 1.21 bits per heavy atom. The van der Waals surface area contributed by atoms with Crippen molar-refractivity contribution in [2.24, 2.45) is 0 Å². The van der Waals surface area contributed by atoms with E-state index in [1.54, 1.807) is 0 Å². The third kappa shape index (κ3) is 3.25. The van der Waals surface area contributed by atoms with E-state index in [0.717, 1.165) is 23.6 Å². The molecule has 0 heterocycles. The molecule has 0 aromatic heterocycles. The zero-order chi connectivity index (χ0) is 13.7. The molecular formula is C16H17O3-. The highest BCUT2D eigenvalue weighted by molar-refractivity contribution is 5.90. The first-order valence-corrected chi connectivity index (χ1v) is 6.55. The van der Waals surface area contributed by atoms with Gasteiger partial charge in [0.15, 0.2) is 0 Å². The first-order valence-electron chi connectivity index (χ1n) is 6.55. The van der Waals surface area contributed by atoms with Crippen LogP contribution in [0.25, 0.3) is 10.8 Å². The molecule has 0 aliphatic carbocycles. The van der Waals surface area contributed by atoms with Crippen LogP contribution in [0.5, 0.6) is 5.75 Å². The summed E-state index contributed by atoms with van der Waals surface area (Å²) in [5, 5.41) is 12.9. The minimum Gasteiger partial charge on any atom is -0.550 e. The zero-order valence-corrected chi connectivity index (χ0v) is 11.0. The minimum absolute atomic E-state index is 0.122. The fourth-order valence-corrected chi connectivity index (χ4v) is 2.10. The normalized spacial score (nSPS) is 10.6. The number of aliphatic carboxylic acids is 1. The number of carbonyl (C=O) groups excluding carboxylic acids is 1. The van der Waals surface area contributed by atoms with Gasteiger partial charge in [-0.25, -0.2) is 0 Å². The van der Waals surface area contributed by atoms with Crippen LogP contribution in [0.3, 0.4) is 0 Å². The minimum atomic E-state index is -1.09. The Hall–Kier alpha value is -2.03. The molecule has 0 atom stereocenters. The second kappa shape index (κ2) is 6.23. The average molecular weight is 257 g/mol. The Balaban J connectivity index is 2.40. The number of ether oxygens (including phenoxy) is 1. The zero-order valence-electron chi connectivity index (χ0n) is 11.0. The SMILES string of the molecule is CCCCOc1ccc2ccccc2c1CC(=O)[O-]. The average Bonchev–Trinajstić information content (AvgIpc) is 2.41. The molecule has 2 rings (SSSR count). The third-order valence-corrected chi connectivity index (χ3v) is 3.07. The van der Waals surface area contributed by atoms with Crippen molar-refractivity contribution >= 4 is 16.7 Å². The molecule has 2 aromatic carbocycles. The van der Waals surface area contributed by atoms with Crippen LogP contribution in [0.4, 0.5) is 0 Å². The Morgan fingerprint density at radius 2 is 2.00 bits per heavy atom. The van der Waals surface area contributed by atoms with Gasteiger partial charge in [0.05, 0.1) is 6.61 Å². The monoisotopic (exact) mass is 257 g/mol. The lowest BCUT2D eigenvalue weighted by molar-refractivity contribution is -0.304. The van der Waals surface area contributed by atoms with Crippen LogP contribution in [0.1, 0.15) is 25.3 Å². The van der Waals surface area contributed by atoms with Crippen LogP contribution in [-0.4, -0.2) is 12.6 Å². The van der Waals surface area contributed by atoms with Gasteiger partial charge in [0, 0.05) is 18.0 Å². The highest BCUT2D eigenvalue weighted by Crippen LogP contribution is 2.28. The highest BCUT2D eigenvalue weighted by atomic mass is 16.5. The number of rotatable bonds is 6. The molecule has 0 N–H and O–H groups in total. The van der Waals surface area contributed by atoms with Crippen molar-refractivity contribution in [3.05, 3.63) is 42.0 Å². The largest absolute Gasteiger partial charge is 0.550 e. The van der Waals surface area contributed by atoms with Gasteiger partial charge < -0.3 is 14.6 Å². The molecule has 0 amide bonds. The second-order valence-corrected chi connectivity index (χ2v) is 4.51. The number of hydrogen-bond acceptors (Lipinski definition) is 3. The fourth-order valence-electron chi connectivity index (χ4n) is 2.10. The van der Waals surface area contributed by atoms with Gasteiger partial charge in [0.25, 0.3) is 0 Å². The summed E-state index contributed by atoms with van der Waals surface area (Å²) in [4.78, 5) is 10.9. The van der Waals surface area contributed by atoms with Crippen LogP contribution in [0.15, 0.2) is 36.4 Å². The summed E-state index contributed by atoms with van der Waals surface area (Å²) in [5.74, 6) is -0.437. The summed E-state index contributed by atoms with van der Waals surface area (Å²) >= 11 is 0. The molecule has 0 aliphatic rings. The molecule has 0 aliphatic heterocycles. The molecule has 0 unspecified atom stereocenters. The van der Waals surface area contributed by atoms with E-state index in [1.165, 1.54) is 0 Å². The molecule has 0 saturated heterocycles. The molecule has 19 heavy (non-hydrogen) atoms. The van der Waals surface area contributed by atoms with Gasteiger partial charge in [-0.1, -0.05) is 43.7 Å². The van der Waals surface area contributed by atoms with E-state index in [-0.39, 0.29) is 6.42 Å². The number of carboxylic acids is 1. The maximum atomic E-state index is 10.9. The lowest BCUT2D eigenvalue weighted by Gasteiger charge is -2.14. The predicted molar refractivity (Wildman–Crippen MR) is 73.1 cm³/mol. The van der Waals surface area contributed by atoms with Crippen LogP contribution >= 0.6 is 0 Å². The van der Waals surface area contributed by atoms with Crippen molar-refractivity contribution in [2.45, 2.75) is 26.2 Å². The highest BCUT2D eigenvalue weighted by Gasteiger charge is 2.09. The van der Waals surface area contributed by atoms with Crippen molar-refractivity contribution < 1.29 is 14.6 Å². The van der Waals surface area contributed by atoms with Gasteiger partial charge in [-0.3, -0.25) is 0 Å². The van der Waals surface area contributed by atoms with E-state index in [0.29, 0.717) is 17.9 Å². The van der Waals surface area contributed by atoms with E-state index >= 15 is 0 Å². The summed E-state index contributed by atoms with van der Waals surface area (Å²) in [7, 11) is 0. The van der Waals surface area contributed by atoms with E-state index in [4.69, 9.17) is 4.74 Å². The first-order chi connectivity index (χ1) is 9.22. The predicted octanol–water partition coefficient (Wildman–Crippen LogP) is 2.31. The number of hydrogen-bond donors (Lipinski definition) is 0. The quantitative estimate of drug-likeness (QED) is 0.746. The van der Waals surface area contributed by atoms with Gasteiger partial charge in [-0.15, -0.1) is 0 Å². The van der Waals surface area contributed by atoms with Gasteiger partial charge in [-0.05, 0) is 23.3 Å². The van der Waals surface area contributed by atoms with Gasteiger partial charge in [-0.2, -0.15) is 0 Å². The summed E-state index contributed by atoms with van der Waals surface area (Å²) in [5.41, 5.74) is 0.703. The van der Waals surface area contributed by atoms with Crippen LogP contribution in [-0.2, 0) is 11.2 Å². The standard InChI is InChI=1S/C16H18O3/c1-2-3-10-19-15-9-8-12-6-4-5-7-13(12)14(15)11-16(17)18/h4-9H,2-3,10-11H2,1H3,(H,17,18)/p-1. The Kier molecular flexibility index (Phi) is 4.39. The Labute approximate surface area is 112 Å². The lowest BCUT2D eigenvalue weighted by Crippen LogP contribution is -2.24. The molecular weight excluding hydrogens is 240 g/mol. The smallest absolute Gasteiger partial charge is 0.123 e. The van der Waals surface area contributed by atoms with Crippen molar-refractivity contribution in [1.29, 1.82) is 0 Å². The van der Waals surface area contributed by atoms with Crippen molar-refractivity contribution in [2.75, 3.05) is 6.61 Å². The molecule has 0 radical (unpaired) electrons. The molecule has 3 heteroatoms. The van der Waals surface area contributed by atoms with E-state index < -0.39 is 5.97 Å². The summed E-state index contributed by atoms with van der Waals surface area (Å²) in [6, 6.07) is 11.5. The lowest BCUT2D eigenvalue weighted by atomic mass is 10.0. The van der Waals surface area contributed by atoms with E-state index in [9.17, 15) is 9.90 Å². The molecule has 0 spiro atoms. The van der Waals surface area contributed by atoms with E-state index in [1.807, 2.05) is 36.4 Å². The number of unbranched alkanes of at least 4 members (excludes halogenated alkanes) is 1. The number of benzene rings is 2. The summed E-state index contributed by atoms with van der Waals surface area (Å²) in [6.45, 7) is 2.70. The Bertz CT molecular complexity index is 575. The van der Waals surface area contributed by atoms with Crippen molar-refractivity contribution in [3.8, 4) is 5.75 Å². The topological polar surface area (TPSA) is 49.4 Å². The molecule has 100 valence electrons. The molecule has 0 fully saturated rings. The van der Waals surface area contributed by atoms with Gasteiger partial charge >= 0.3 is 0 Å². The third-order valence-electron chi connectivity index (χ3n) is 3.07. The van der Waals surface area contributed by atoms with Crippen LogP contribution < -0.4 is 9.84 Å². The summed E-state index contributed by atoms with van der Waals surface area (Å²) in [6.07, 6.45) is 1.88. The molecule has 0 saturated carbocycles. The van der Waals surface area contributed by atoms with Crippen molar-refractivity contribution in [3.63, 3.8) is 0 Å². The maximum Gasteiger partial charge on any atom is 0.123 e. The van der Waals surface area contributed by atoms with Gasteiger partial charge in [0.1, 0.15) is 5.75 Å². The summed E-state index contributed by atoms with van der Waals surface area (Å²) < 4.78 is 5.70. The second-order valence-electron chi connectivity index (χ2n) is 4.51.